The molecule has 1 fully saturated rings. The summed E-state index contributed by atoms with van der Waals surface area (Å²) in [6.45, 7) is 1.58. The topological polar surface area (TPSA) is 55.6 Å². The van der Waals surface area contributed by atoms with Crippen molar-refractivity contribution in [2.75, 3.05) is 6.54 Å². The first-order chi connectivity index (χ1) is 10.2. The summed E-state index contributed by atoms with van der Waals surface area (Å²) in [4.78, 5) is 0. The molecule has 0 bridgehead atoms. The van der Waals surface area contributed by atoms with Gasteiger partial charge in [-0.25, -0.2) is 9.07 Å². The fraction of sp³-hybridized carbons (Fsp3) is 0.462. The maximum atomic E-state index is 13.7. The Hall–Kier alpha value is -0.990. The fourth-order valence-corrected chi connectivity index (χ4v) is 3.18. The molecular weight excluding hydrogens is 357 g/mol. The third-order valence-corrected chi connectivity index (χ3v) is 4.70. The van der Waals surface area contributed by atoms with Gasteiger partial charge in [0.05, 0.1) is 6.54 Å². The van der Waals surface area contributed by atoms with Crippen LogP contribution in [0.25, 0.3) is 0 Å². The number of halogens is 2. The van der Waals surface area contributed by atoms with Crippen LogP contribution in [0.4, 0.5) is 4.39 Å². The van der Waals surface area contributed by atoms with Crippen LogP contribution in [0.1, 0.15) is 18.4 Å². The van der Waals surface area contributed by atoms with Crippen molar-refractivity contribution in [2.45, 2.75) is 36.3 Å². The van der Waals surface area contributed by atoms with Gasteiger partial charge in [-0.15, -0.1) is 5.10 Å². The minimum atomic E-state index is -0.208. The molecule has 1 saturated carbocycles. The Bertz CT molecular complexity index is 616. The number of rotatable bonds is 7. The lowest BCUT2D eigenvalue weighted by molar-refractivity contribution is 0.509. The van der Waals surface area contributed by atoms with Crippen molar-refractivity contribution in [3.05, 3.63) is 34.1 Å². The van der Waals surface area contributed by atoms with Crippen LogP contribution in [-0.2, 0) is 12.3 Å². The molecule has 8 heteroatoms. The van der Waals surface area contributed by atoms with Gasteiger partial charge in [-0.1, -0.05) is 27.7 Å². The minimum absolute atomic E-state index is 0.208. The molecule has 1 aliphatic carbocycles. The Morgan fingerprint density at radius 3 is 3.10 bits per heavy atom. The van der Waals surface area contributed by atoms with E-state index in [0.717, 1.165) is 17.6 Å². The molecule has 1 aromatic heterocycles. The lowest BCUT2D eigenvalue weighted by atomic mass is 10.2. The molecule has 5 nitrogen and oxygen atoms in total. The normalized spacial score (nSPS) is 14.6. The second-order valence-corrected chi connectivity index (χ2v) is 6.80. The summed E-state index contributed by atoms with van der Waals surface area (Å²) in [6, 6.07) is 5.61. The van der Waals surface area contributed by atoms with Crippen LogP contribution in [0, 0.1) is 5.82 Å². The molecule has 1 aliphatic rings. The Balaban J connectivity index is 1.57. The number of nitrogens with one attached hydrogen (secondary N) is 1. The van der Waals surface area contributed by atoms with E-state index in [4.69, 9.17) is 0 Å². The van der Waals surface area contributed by atoms with Crippen LogP contribution < -0.4 is 5.32 Å². The zero-order valence-corrected chi connectivity index (χ0v) is 13.7. The molecule has 1 aromatic carbocycles. The highest BCUT2D eigenvalue weighted by molar-refractivity contribution is 9.10. The summed E-state index contributed by atoms with van der Waals surface area (Å²) in [6.07, 6.45) is 2.53. The summed E-state index contributed by atoms with van der Waals surface area (Å²) in [5.74, 6) is 0.293. The molecule has 1 N–H and O–H groups in total. The van der Waals surface area contributed by atoms with Crippen molar-refractivity contribution in [2.24, 2.45) is 0 Å². The Kier molecular flexibility index (Phi) is 4.87. The van der Waals surface area contributed by atoms with Crippen molar-refractivity contribution in [3.63, 3.8) is 0 Å². The molecule has 2 aromatic rings. The zero-order valence-electron chi connectivity index (χ0n) is 11.3. The first-order valence-electron chi connectivity index (χ1n) is 6.78. The van der Waals surface area contributed by atoms with E-state index < -0.39 is 0 Å². The molecule has 0 unspecified atom stereocenters. The third kappa shape index (κ3) is 4.24. The summed E-state index contributed by atoms with van der Waals surface area (Å²) in [7, 11) is 0. The van der Waals surface area contributed by atoms with E-state index in [1.54, 1.807) is 16.8 Å². The van der Waals surface area contributed by atoms with Gasteiger partial charge in [0.2, 0.25) is 5.16 Å². The van der Waals surface area contributed by atoms with Gasteiger partial charge in [0.1, 0.15) is 5.82 Å². The van der Waals surface area contributed by atoms with E-state index in [-0.39, 0.29) is 5.82 Å². The molecule has 3 rings (SSSR count). The van der Waals surface area contributed by atoms with E-state index in [9.17, 15) is 4.39 Å². The largest absolute Gasteiger partial charge is 0.312 e. The smallest absolute Gasteiger partial charge is 0.209 e. The average molecular weight is 372 g/mol. The van der Waals surface area contributed by atoms with Gasteiger partial charge in [0.15, 0.2) is 0 Å². The van der Waals surface area contributed by atoms with Gasteiger partial charge in [-0.2, -0.15) is 0 Å². The van der Waals surface area contributed by atoms with Crippen LogP contribution in [0.15, 0.2) is 27.8 Å². The van der Waals surface area contributed by atoms with Gasteiger partial charge in [-0.05, 0) is 47.0 Å². The van der Waals surface area contributed by atoms with Crippen LogP contribution in [0.3, 0.4) is 0 Å². The van der Waals surface area contributed by atoms with E-state index in [1.165, 1.54) is 30.7 Å². The third-order valence-electron chi connectivity index (χ3n) is 3.20. The molecule has 0 aliphatic heterocycles. The maximum absolute atomic E-state index is 13.7. The summed E-state index contributed by atoms with van der Waals surface area (Å²) in [5.41, 5.74) is 0.639. The number of nitrogens with zero attached hydrogens (tertiary/aromatic N) is 4. The highest BCUT2D eigenvalue weighted by Gasteiger charge is 2.20. The van der Waals surface area contributed by atoms with Gasteiger partial charge in [-0.3, -0.25) is 0 Å². The quantitative estimate of drug-likeness (QED) is 0.758. The molecule has 21 heavy (non-hydrogen) atoms. The number of thioether (sulfide) groups is 1. The monoisotopic (exact) mass is 371 g/mol. The first kappa shape index (κ1) is 14.9. The molecule has 0 atom stereocenters. The van der Waals surface area contributed by atoms with E-state index in [0.29, 0.717) is 22.5 Å². The van der Waals surface area contributed by atoms with E-state index >= 15 is 0 Å². The minimum Gasteiger partial charge on any atom is -0.312 e. The second-order valence-electron chi connectivity index (χ2n) is 4.94. The molecule has 112 valence electrons. The van der Waals surface area contributed by atoms with Crippen molar-refractivity contribution < 1.29 is 4.39 Å². The standard InChI is InChI=1S/C13H15BrFN5S/c14-10-1-4-12(15)9(7-10)8-21-13-17-18-19-20(13)6-5-16-11-2-3-11/h1,4,7,11,16H,2-3,5-6,8H2. The SMILES string of the molecule is Fc1ccc(Br)cc1CSc1nnnn1CCNC1CC1. The van der Waals surface area contributed by atoms with Crippen molar-refractivity contribution >= 4 is 27.7 Å². The maximum Gasteiger partial charge on any atom is 0.209 e. The number of aromatic nitrogens is 4. The number of tetrazole rings is 1. The van der Waals surface area contributed by atoms with E-state index in [2.05, 4.69) is 36.8 Å². The van der Waals surface area contributed by atoms with Crippen LogP contribution in [0.5, 0.6) is 0 Å². The van der Waals surface area contributed by atoms with Gasteiger partial charge in [0, 0.05) is 22.8 Å². The Labute approximate surface area is 134 Å². The zero-order chi connectivity index (χ0) is 14.7. The Morgan fingerprint density at radius 1 is 1.43 bits per heavy atom. The Morgan fingerprint density at radius 2 is 2.29 bits per heavy atom. The first-order valence-corrected chi connectivity index (χ1v) is 8.56. The summed E-state index contributed by atoms with van der Waals surface area (Å²) < 4.78 is 16.3. The summed E-state index contributed by atoms with van der Waals surface area (Å²) >= 11 is 4.80. The molecule has 0 radical (unpaired) electrons. The predicted octanol–water partition coefficient (Wildman–Crippen LogP) is 2.62. The molecule has 0 amide bonds. The molecule has 0 spiro atoms. The highest BCUT2D eigenvalue weighted by Crippen LogP contribution is 2.24. The lowest BCUT2D eigenvalue weighted by Crippen LogP contribution is -2.22. The van der Waals surface area contributed by atoms with Gasteiger partial charge < -0.3 is 5.32 Å². The lowest BCUT2D eigenvalue weighted by Gasteiger charge is -2.06. The molecule has 1 heterocycles. The molecule has 0 saturated heterocycles. The van der Waals surface area contributed by atoms with Crippen LogP contribution in [0.2, 0.25) is 0 Å². The highest BCUT2D eigenvalue weighted by atomic mass is 79.9. The van der Waals surface area contributed by atoms with Crippen LogP contribution >= 0.6 is 27.7 Å². The van der Waals surface area contributed by atoms with E-state index in [1.807, 2.05) is 0 Å². The average Bonchev–Trinajstić information content (AvgIpc) is 3.18. The number of hydrogen-bond acceptors (Lipinski definition) is 5. The van der Waals surface area contributed by atoms with Gasteiger partial charge in [0.25, 0.3) is 0 Å². The fourth-order valence-electron chi connectivity index (χ4n) is 1.90. The van der Waals surface area contributed by atoms with Crippen LogP contribution in [-0.4, -0.2) is 32.8 Å². The van der Waals surface area contributed by atoms with Crippen molar-refractivity contribution in [1.29, 1.82) is 0 Å². The molecular formula is C13H15BrFN5S. The predicted molar refractivity (Wildman–Crippen MR) is 82.5 cm³/mol. The van der Waals surface area contributed by atoms with Gasteiger partial charge >= 0.3 is 0 Å². The van der Waals surface area contributed by atoms with Crippen molar-refractivity contribution in [3.8, 4) is 0 Å². The second kappa shape index (κ2) is 6.85. The number of hydrogen-bond donors (Lipinski definition) is 1. The van der Waals surface area contributed by atoms with Crippen molar-refractivity contribution in [1.82, 2.24) is 25.5 Å². The summed E-state index contributed by atoms with van der Waals surface area (Å²) in [5, 5.41) is 15.8. The number of benzene rings is 1.